The molecule has 2 aromatic heterocycles. The Bertz CT molecular complexity index is 1340. The molecule has 1 amide bonds. The standard InChI is InChI=1S/C20H18N4O3S3/c1-30(26,27)13-6-7-15-17(12-13)29-20(22-15)24-10-8-23(9-11-24)19(25)18-21-14-4-2-3-5-16(14)28-18/h2-7,12H,8-11H2,1H3. The average molecular weight is 459 g/mol. The molecule has 10 heteroatoms. The van der Waals surface area contributed by atoms with Crippen molar-refractivity contribution in [3.63, 3.8) is 0 Å². The molecule has 0 aliphatic carbocycles. The zero-order chi connectivity index (χ0) is 20.9. The van der Waals surface area contributed by atoms with Gasteiger partial charge in [0, 0.05) is 32.4 Å². The third-order valence-electron chi connectivity index (χ3n) is 5.09. The minimum Gasteiger partial charge on any atom is -0.345 e. The molecule has 1 aliphatic heterocycles. The van der Waals surface area contributed by atoms with Crippen LogP contribution in [0.3, 0.4) is 0 Å². The second-order valence-corrected chi connectivity index (χ2v) is 11.2. The lowest BCUT2D eigenvalue weighted by Crippen LogP contribution is -2.48. The summed E-state index contributed by atoms with van der Waals surface area (Å²) >= 11 is 2.91. The number of hydrogen-bond acceptors (Lipinski definition) is 8. The number of carbonyl (C=O) groups is 1. The van der Waals surface area contributed by atoms with E-state index in [2.05, 4.69) is 14.9 Å². The van der Waals surface area contributed by atoms with Crippen LogP contribution in [0.15, 0.2) is 47.4 Å². The van der Waals surface area contributed by atoms with Crippen molar-refractivity contribution in [3.05, 3.63) is 47.5 Å². The van der Waals surface area contributed by atoms with Crippen molar-refractivity contribution in [1.82, 2.24) is 14.9 Å². The Hall–Kier alpha value is -2.56. The van der Waals surface area contributed by atoms with Crippen LogP contribution in [0, 0.1) is 0 Å². The number of sulfone groups is 1. The van der Waals surface area contributed by atoms with Gasteiger partial charge in [-0.1, -0.05) is 23.5 Å². The second-order valence-electron chi connectivity index (χ2n) is 7.16. The van der Waals surface area contributed by atoms with Crippen molar-refractivity contribution in [2.45, 2.75) is 4.90 Å². The lowest BCUT2D eigenvalue weighted by molar-refractivity contribution is 0.0746. The van der Waals surface area contributed by atoms with Crippen molar-refractivity contribution in [1.29, 1.82) is 0 Å². The maximum atomic E-state index is 12.9. The van der Waals surface area contributed by atoms with E-state index in [4.69, 9.17) is 0 Å². The van der Waals surface area contributed by atoms with Crippen molar-refractivity contribution in [3.8, 4) is 0 Å². The zero-order valence-electron chi connectivity index (χ0n) is 16.1. The van der Waals surface area contributed by atoms with Crippen LogP contribution in [-0.4, -0.2) is 61.6 Å². The molecule has 0 unspecified atom stereocenters. The minimum atomic E-state index is -3.25. The number of hydrogen-bond donors (Lipinski definition) is 0. The van der Waals surface area contributed by atoms with Gasteiger partial charge in [-0.05, 0) is 30.3 Å². The minimum absolute atomic E-state index is 0.0297. The van der Waals surface area contributed by atoms with E-state index < -0.39 is 9.84 Å². The topological polar surface area (TPSA) is 83.5 Å². The van der Waals surface area contributed by atoms with E-state index in [0.717, 1.165) is 25.6 Å². The largest absolute Gasteiger partial charge is 0.345 e. The van der Waals surface area contributed by atoms with Gasteiger partial charge in [0.05, 0.1) is 25.3 Å². The molecule has 0 N–H and O–H groups in total. The van der Waals surface area contributed by atoms with E-state index in [9.17, 15) is 13.2 Å². The summed E-state index contributed by atoms with van der Waals surface area (Å²) < 4.78 is 25.4. The van der Waals surface area contributed by atoms with Gasteiger partial charge in [-0.2, -0.15) is 0 Å². The fourth-order valence-corrected chi connectivity index (χ4v) is 6.17. The quantitative estimate of drug-likeness (QED) is 0.469. The van der Waals surface area contributed by atoms with Gasteiger partial charge in [0.15, 0.2) is 20.0 Å². The summed E-state index contributed by atoms with van der Waals surface area (Å²) in [5.41, 5.74) is 1.64. The number of amides is 1. The molecule has 3 heterocycles. The number of para-hydroxylation sites is 1. The number of piperazine rings is 1. The molecular formula is C20H18N4O3S3. The van der Waals surface area contributed by atoms with E-state index >= 15 is 0 Å². The summed E-state index contributed by atoms with van der Waals surface area (Å²) in [6.45, 7) is 2.54. The Morgan fingerprint density at radius 1 is 0.933 bits per heavy atom. The maximum absolute atomic E-state index is 12.9. The van der Waals surface area contributed by atoms with Gasteiger partial charge in [-0.15, -0.1) is 11.3 Å². The molecule has 0 radical (unpaired) electrons. The summed E-state index contributed by atoms with van der Waals surface area (Å²) in [5.74, 6) is -0.0297. The summed E-state index contributed by atoms with van der Waals surface area (Å²) in [4.78, 5) is 26.3. The van der Waals surface area contributed by atoms with Crippen LogP contribution in [0.5, 0.6) is 0 Å². The number of anilines is 1. The Morgan fingerprint density at radius 3 is 2.40 bits per heavy atom. The van der Waals surface area contributed by atoms with Crippen LogP contribution < -0.4 is 4.90 Å². The highest BCUT2D eigenvalue weighted by Crippen LogP contribution is 2.31. The summed E-state index contributed by atoms with van der Waals surface area (Å²) in [6.07, 6.45) is 1.21. The number of rotatable bonds is 3. The van der Waals surface area contributed by atoms with Gasteiger partial charge in [-0.3, -0.25) is 4.79 Å². The van der Waals surface area contributed by atoms with Crippen molar-refractivity contribution in [2.24, 2.45) is 0 Å². The monoisotopic (exact) mass is 458 g/mol. The molecule has 5 rings (SSSR count). The molecular weight excluding hydrogens is 440 g/mol. The number of fused-ring (bicyclic) bond motifs is 2. The van der Waals surface area contributed by atoms with Gasteiger partial charge in [-0.25, -0.2) is 18.4 Å². The van der Waals surface area contributed by atoms with Crippen LogP contribution in [0.25, 0.3) is 20.4 Å². The van der Waals surface area contributed by atoms with Crippen LogP contribution >= 0.6 is 22.7 Å². The summed E-state index contributed by atoms with van der Waals surface area (Å²) in [7, 11) is -3.25. The zero-order valence-corrected chi connectivity index (χ0v) is 18.6. The Balaban J connectivity index is 1.31. The molecule has 1 fully saturated rings. The highest BCUT2D eigenvalue weighted by molar-refractivity contribution is 7.90. The number of thiazole rings is 2. The third kappa shape index (κ3) is 3.55. The first-order valence-electron chi connectivity index (χ1n) is 9.39. The molecule has 7 nitrogen and oxygen atoms in total. The molecule has 1 saturated heterocycles. The lowest BCUT2D eigenvalue weighted by Gasteiger charge is -2.34. The molecule has 0 spiro atoms. The molecule has 0 bridgehead atoms. The molecule has 0 atom stereocenters. The molecule has 2 aromatic carbocycles. The van der Waals surface area contributed by atoms with E-state index in [-0.39, 0.29) is 5.91 Å². The fourth-order valence-electron chi connectivity index (χ4n) is 3.46. The van der Waals surface area contributed by atoms with E-state index in [1.165, 1.54) is 28.9 Å². The van der Waals surface area contributed by atoms with Crippen LogP contribution in [0.2, 0.25) is 0 Å². The molecule has 0 saturated carbocycles. The normalized spacial score (nSPS) is 15.2. The van der Waals surface area contributed by atoms with Crippen molar-refractivity contribution < 1.29 is 13.2 Å². The first-order chi connectivity index (χ1) is 14.4. The summed E-state index contributed by atoms with van der Waals surface area (Å²) in [5, 5.41) is 1.38. The van der Waals surface area contributed by atoms with Gasteiger partial charge >= 0.3 is 0 Å². The Labute approximate surface area is 181 Å². The number of nitrogens with zero attached hydrogens (tertiary/aromatic N) is 4. The Morgan fingerprint density at radius 2 is 1.67 bits per heavy atom. The highest BCUT2D eigenvalue weighted by atomic mass is 32.2. The third-order valence-corrected chi connectivity index (χ3v) is 8.30. The van der Waals surface area contributed by atoms with E-state index in [0.29, 0.717) is 36.1 Å². The molecule has 4 aromatic rings. The van der Waals surface area contributed by atoms with Gasteiger partial charge < -0.3 is 9.80 Å². The smallest absolute Gasteiger partial charge is 0.282 e. The molecule has 30 heavy (non-hydrogen) atoms. The van der Waals surface area contributed by atoms with Gasteiger partial charge in [0.1, 0.15) is 0 Å². The number of benzene rings is 2. The van der Waals surface area contributed by atoms with E-state index in [1.54, 1.807) is 18.2 Å². The number of carbonyl (C=O) groups excluding carboxylic acids is 1. The maximum Gasteiger partial charge on any atom is 0.282 e. The molecule has 1 aliphatic rings. The molecule has 154 valence electrons. The fraction of sp³-hybridized carbons (Fsp3) is 0.250. The second kappa shape index (κ2) is 7.29. The summed E-state index contributed by atoms with van der Waals surface area (Å²) in [6, 6.07) is 12.8. The van der Waals surface area contributed by atoms with Gasteiger partial charge in [0.25, 0.3) is 5.91 Å². The predicted octanol–water partition coefficient (Wildman–Crippen LogP) is 3.27. The first-order valence-corrected chi connectivity index (χ1v) is 12.9. The SMILES string of the molecule is CS(=O)(=O)c1ccc2nc(N3CCN(C(=O)c4nc5ccccc5s4)CC3)sc2c1. The van der Waals surface area contributed by atoms with E-state index in [1.807, 2.05) is 29.2 Å². The number of aromatic nitrogens is 2. The van der Waals surface area contributed by atoms with Crippen LogP contribution in [0.1, 0.15) is 9.80 Å². The van der Waals surface area contributed by atoms with Crippen LogP contribution in [0.4, 0.5) is 5.13 Å². The average Bonchev–Trinajstić information content (AvgIpc) is 3.36. The first kappa shape index (κ1) is 19.4. The lowest BCUT2D eigenvalue weighted by atomic mass is 10.3. The highest BCUT2D eigenvalue weighted by Gasteiger charge is 2.26. The Kier molecular flexibility index (Phi) is 4.72. The van der Waals surface area contributed by atoms with Crippen molar-refractivity contribution in [2.75, 3.05) is 37.3 Å². The van der Waals surface area contributed by atoms with Crippen LogP contribution in [-0.2, 0) is 9.84 Å². The van der Waals surface area contributed by atoms with Crippen molar-refractivity contribution >= 4 is 64.0 Å². The van der Waals surface area contributed by atoms with Gasteiger partial charge in [0.2, 0.25) is 0 Å². The predicted molar refractivity (Wildman–Crippen MR) is 120 cm³/mol.